The Kier molecular flexibility index (Phi) is 12.9. The molecule has 0 spiro atoms. The molecule has 1 heterocycles. The summed E-state index contributed by atoms with van der Waals surface area (Å²) in [5.74, 6) is -2.18. The standard InChI is InChI=1S/C39H42O8/c1-3-39(46-29-35(40)41-2)38(45-27-33-22-14-7-15-23-33)37(44-26-32-20-12-6-13-21-32)36(43-25-31-18-10-5-11-19-31)34(47-39)28-42-24-30-16-8-4-9-17-30/h3-23,34,36-38H,1,24-29H2,2H3/t34-,36-,37+,38-,39+/m1/s1. The van der Waals surface area contributed by atoms with Crippen LogP contribution < -0.4 is 0 Å². The van der Waals surface area contributed by atoms with Crippen LogP contribution in [-0.2, 0) is 64.4 Å². The topological polar surface area (TPSA) is 81.7 Å². The van der Waals surface area contributed by atoms with E-state index in [1.807, 2.05) is 121 Å². The number of benzene rings is 4. The number of ether oxygens (including phenoxy) is 7. The number of rotatable bonds is 17. The molecule has 0 aliphatic carbocycles. The van der Waals surface area contributed by atoms with E-state index in [1.54, 1.807) is 0 Å². The predicted molar refractivity (Wildman–Crippen MR) is 177 cm³/mol. The first-order valence-corrected chi connectivity index (χ1v) is 15.7. The summed E-state index contributed by atoms with van der Waals surface area (Å²) >= 11 is 0. The van der Waals surface area contributed by atoms with Gasteiger partial charge < -0.3 is 33.2 Å². The van der Waals surface area contributed by atoms with Crippen LogP contribution in [0.3, 0.4) is 0 Å². The minimum atomic E-state index is -1.61. The molecule has 4 aromatic rings. The van der Waals surface area contributed by atoms with Gasteiger partial charge in [-0.05, 0) is 28.3 Å². The third-order valence-corrected chi connectivity index (χ3v) is 7.89. The molecule has 0 aromatic heterocycles. The molecule has 0 radical (unpaired) electrons. The summed E-state index contributed by atoms with van der Waals surface area (Å²) < 4.78 is 44.1. The van der Waals surface area contributed by atoms with E-state index < -0.39 is 42.8 Å². The SMILES string of the molecule is C=C[C@]1(OCC(=O)OC)O[C@H](COCc2ccccc2)[C@@H](OCc2ccccc2)[C@H](OCc2ccccc2)[C@H]1OCc1ccccc1. The molecule has 1 aliphatic heterocycles. The van der Waals surface area contributed by atoms with Gasteiger partial charge in [0, 0.05) is 0 Å². The Hall–Kier alpha value is -4.15. The summed E-state index contributed by atoms with van der Waals surface area (Å²) in [5.41, 5.74) is 3.92. The number of carbonyl (C=O) groups is 1. The van der Waals surface area contributed by atoms with Gasteiger partial charge in [-0.15, -0.1) is 0 Å². The fourth-order valence-electron chi connectivity index (χ4n) is 5.44. The summed E-state index contributed by atoms with van der Waals surface area (Å²) in [7, 11) is 1.30. The molecule has 0 amide bonds. The summed E-state index contributed by atoms with van der Waals surface area (Å²) in [4.78, 5) is 12.4. The van der Waals surface area contributed by atoms with Gasteiger partial charge in [-0.2, -0.15) is 0 Å². The van der Waals surface area contributed by atoms with E-state index in [0.29, 0.717) is 13.2 Å². The average molecular weight is 639 g/mol. The molecule has 47 heavy (non-hydrogen) atoms. The van der Waals surface area contributed by atoms with E-state index in [0.717, 1.165) is 22.3 Å². The first kappa shape index (κ1) is 34.2. The fraction of sp³-hybridized carbons (Fsp3) is 0.308. The van der Waals surface area contributed by atoms with Gasteiger partial charge in [-0.3, -0.25) is 0 Å². The van der Waals surface area contributed by atoms with Gasteiger partial charge in [0.05, 0.1) is 40.1 Å². The molecule has 1 fully saturated rings. The van der Waals surface area contributed by atoms with Crippen molar-refractivity contribution in [2.45, 2.75) is 56.6 Å². The first-order chi connectivity index (χ1) is 23.1. The van der Waals surface area contributed by atoms with Gasteiger partial charge >= 0.3 is 5.97 Å². The van der Waals surface area contributed by atoms with Gasteiger partial charge in [-0.25, -0.2) is 4.79 Å². The van der Waals surface area contributed by atoms with Gasteiger partial charge in [0.1, 0.15) is 31.0 Å². The van der Waals surface area contributed by atoms with Crippen LogP contribution in [0.4, 0.5) is 0 Å². The van der Waals surface area contributed by atoms with Crippen molar-refractivity contribution in [1.29, 1.82) is 0 Å². The lowest BCUT2D eigenvalue weighted by Crippen LogP contribution is -2.67. The Labute approximate surface area is 276 Å². The van der Waals surface area contributed by atoms with E-state index in [4.69, 9.17) is 33.2 Å². The molecular weight excluding hydrogens is 596 g/mol. The van der Waals surface area contributed by atoms with E-state index in [1.165, 1.54) is 13.2 Å². The molecule has 8 heteroatoms. The highest BCUT2D eigenvalue weighted by Gasteiger charge is 2.57. The van der Waals surface area contributed by atoms with Crippen LogP contribution in [0.1, 0.15) is 22.3 Å². The van der Waals surface area contributed by atoms with Crippen LogP contribution in [0.2, 0.25) is 0 Å². The maximum absolute atomic E-state index is 12.4. The van der Waals surface area contributed by atoms with Gasteiger partial charge in [0.15, 0.2) is 0 Å². The minimum Gasteiger partial charge on any atom is -0.467 e. The third kappa shape index (κ3) is 9.68. The van der Waals surface area contributed by atoms with Crippen molar-refractivity contribution in [1.82, 2.24) is 0 Å². The first-order valence-electron chi connectivity index (χ1n) is 15.7. The quantitative estimate of drug-likeness (QED) is 0.0967. The Balaban J connectivity index is 1.50. The summed E-state index contributed by atoms with van der Waals surface area (Å²) in [6.07, 6.45) is -1.49. The third-order valence-electron chi connectivity index (χ3n) is 7.89. The number of esters is 1. The molecule has 246 valence electrons. The second-order valence-corrected chi connectivity index (χ2v) is 11.2. The zero-order valence-corrected chi connectivity index (χ0v) is 26.6. The van der Waals surface area contributed by atoms with Crippen LogP contribution >= 0.6 is 0 Å². The van der Waals surface area contributed by atoms with Crippen LogP contribution in [-0.4, -0.2) is 56.5 Å². The lowest BCUT2D eigenvalue weighted by Gasteiger charge is -2.51. The van der Waals surface area contributed by atoms with E-state index in [9.17, 15) is 4.79 Å². The van der Waals surface area contributed by atoms with Crippen LogP contribution in [0.25, 0.3) is 0 Å². The Morgan fingerprint density at radius 1 is 0.681 bits per heavy atom. The minimum absolute atomic E-state index is 0.141. The summed E-state index contributed by atoms with van der Waals surface area (Å²) in [6.45, 7) is 4.97. The number of carbonyl (C=O) groups excluding carboxylic acids is 1. The number of hydrogen-bond donors (Lipinski definition) is 0. The van der Waals surface area contributed by atoms with E-state index >= 15 is 0 Å². The monoisotopic (exact) mass is 638 g/mol. The van der Waals surface area contributed by atoms with Crippen molar-refractivity contribution in [3.05, 3.63) is 156 Å². The molecule has 0 N–H and O–H groups in total. The number of hydrogen-bond acceptors (Lipinski definition) is 8. The Morgan fingerprint density at radius 3 is 1.60 bits per heavy atom. The highest BCUT2D eigenvalue weighted by atomic mass is 16.7. The van der Waals surface area contributed by atoms with Crippen molar-refractivity contribution < 1.29 is 38.0 Å². The lowest BCUT2D eigenvalue weighted by molar-refractivity contribution is -0.362. The molecule has 0 saturated carbocycles. The van der Waals surface area contributed by atoms with Crippen molar-refractivity contribution in [2.24, 2.45) is 0 Å². The van der Waals surface area contributed by atoms with Gasteiger partial charge in [0.25, 0.3) is 0 Å². The second-order valence-electron chi connectivity index (χ2n) is 11.2. The largest absolute Gasteiger partial charge is 0.467 e. The smallest absolute Gasteiger partial charge is 0.331 e. The molecule has 0 unspecified atom stereocenters. The van der Waals surface area contributed by atoms with Crippen molar-refractivity contribution in [3.63, 3.8) is 0 Å². The zero-order valence-electron chi connectivity index (χ0n) is 26.6. The molecule has 5 rings (SSSR count). The van der Waals surface area contributed by atoms with Crippen molar-refractivity contribution in [2.75, 3.05) is 20.3 Å². The average Bonchev–Trinajstić information content (AvgIpc) is 3.13. The normalized spacial score (nSPS) is 22.4. The van der Waals surface area contributed by atoms with Gasteiger partial charge in [-0.1, -0.05) is 128 Å². The van der Waals surface area contributed by atoms with Crippen molar-refractivity contribution in [3.8, 4) is 0 Å². The highest BCUT2D eigenvalue weighted by Crippen LogP contribution is 2.39. The molecule has 8 nitrogen and oxygen atoms in total. The molecule has 4 aromatic carbocycles. The second kappa shape index (κ2) is 17.7. The molecule has 1 saturated heterocycles. The summed E-state index contributed by atoms with van der Waals surface area (Å²) in [6, 6.07) is 39.4. The van der Waals surface area contributed by atoms with E-state index in [2.05, 4.69) is 6.58 Å². The molecule has 5 atom stereocenters. The Bertz CT molecular complexity index is 1480. The van der Waals surface area contributed by atoms with Crippen LogP contribution in [0.5, 0.6) is 0 Å². The Morgan fingerprint density at radius 2 is 1.13 bits per heavy atom. The van der Waals surface area contributed by atoms with Crippen LogP contribution in [0.15, 0.2) is 134 Å². The van der Waals surface area contributed by atoms with Crippen LogP contribution in [0, 0.1) is 0 Å². The summed E-state index contributed by atoms with van der Waals surface area (Å²) in [5, 5.41) is 0. The number of methoxy groups -OCH3 is 1. The highest BCUT2D eigenvalue weighted by molar-refractivity contribution is 5.70. The van der Waals surface area contributed by atoms with Crippen molar-refractivity contribution >= 4 is 5.97 Å². The van der Waals surface area contributed by atoms with E-state index in [-0.39, 0.29) is 19.8 Å². The molecular formula is C39H42O8. The maximum atomic E-state index is 12.4. The zero-order chi connectivity index (χ0) is 32.7. The van der Waals surface area contributed by atoms with Gasteiger partial charge in [0.2, 0.25) is 5.79 Å². The predicted octanol–water partition coefficient (Wildman–Crippen LogP) is 6.43. The molecule has 1 aliphatic rings. The fourth-order valence-corrected chi connectivity index (χ4v) is 5.44. The lowest BCUT2D eigenvalue weighted by atomic mass is 9.91. The molecule has 0 bridgehead atoms. The maximum Gasteiger partial charge on any atom is 0.331 e.